The Kier molecular flexibility index (Phi) is 4.11. The number of nitrogens with zero attached hydrogens (tertiary/aromatic N) is 1. The second-order valence-corrected chi connectivity index (χ2v) is 4.88. The summed E-state index contributed by atoms with van der Waals surface area (Å²) in [5, 5.41) is 19.6. The molecule has 0 saturated heterocycles. The molecule has 2 rings (SSSR count). The third kappa shape index (κ3) is 3.41. The Morgan fingerprint density at radius 3 is 3.11 bits per heavy atom. The number of carbonyl (C=O) groups is 1. The number of thiophene rings is 1. The van der Waals surface area contributed by atoms with E-state index in [0.29, 0.717) is 12.3 Å². The van der Waals surface area contributed by atoms with Gasteiger partial charge in [-0.1, -0.05) is 5.16 Å². The highest BCUT2D eigenvalue weighted by molar-refractivity contribution is 7.07. The Hall–Kier alpha value is -1.66. The van der Waals surface area contributed by atoms with E-state index in [4.69, 9.17) is 9.63 Å². The van der Waals surface area contributed by atoms with Gasteiger partial charge in [0.15, 0.2) is 11.5 Å². The Morgan fingerprint density at radius 1 is 1.67 bits per heavy atom. The van der Waals surface area contributed by atoms with Crippen molar-refractivity contribution in [2.45, 2.75) is 25.9 Å². The van der Waals surface area contributed by atoms with Gasteiger partial charge in [-0.3, -0.25) is 0 Å². The Labute approximate surface area is 108 Å². The van der Waals surface area contributed by atoms with Crippen LogP contribution in [0.1, 0.15) is 28.7 Å². The lowest BCUT2D eigenvalue weighted by atomic mass is 10.1. The Balaban J connectivity index is 1.81. The summed E-state index contributed by atoms with van der Waals surface area (Å²) in [5.74, 6) is -0.541. The molecule has 0 bridgehead atoms. The van der Waals surface area contributed by atoms with E-state index < -0.39 is 5.97 Å². The fraction of sp³-hybridized carbons (Fsp3) is 0.333. The Bertz CT molecular complexity index is 507. The minimum Gasteiger partial charge on any atom is -0.476 e. The van der Waals surface area contributed by atoms with Gasteiger partial charge in [-0.15, -0.1) is 0 Å². The van der Waals surface area contributed by atoms with Crippen LogP contribution >= 0.6 is 11.3 Å². The highest BCUT2D eigenvalue weighted by atomic mass is 32.1. The fourth-order valence-corrected chi connectivity index (χ4v) is 2.29. The van der Waals surface area contributed by atoms with Crippen molar-refractivity contribution in [2.75, 3.05) is 0 Å². The maximum atomic E-state index is 10.6. The van der Waals surface area contributed by atoms with E-state index in [0.717, 1.165) is 6.42 Å². The van der Waals surface area contributed by atoms with Crippen LogP contribution in [-0.2, 0) is 13.0 Å². The van der Waals surface area contributed by atoms with Crippen molar-refractivity contribution in [3.05, 3.63) is 39.9 Å². The highest BCUT2D eigenvalue weighted by Gasteiger charge is 2.11. The van der Waals surface area contributed by atoms with Crippen molar-refractivity contribution < 1.29 is 14.4 Å². The van der Waals surface area contributed by atoms with Crippen LogP contribution in [0.5, 0.6) is 0 Å². The highest BCUT2D eigenvalue weighted by Crippen LogP contribution is 2.09. The van der Waals surface area contributed by atoms with Gasteiger partial charge >= 0.3 is 5.97 Å². The Morgan fingerprint density at radius 2 is 2.50 bits per heavy atom. The average Bonchev–Trinajstić information content (AvgIpc) is 2.96. The van der Waals surface area contributed by atoms with E-state index in [9.17, 15) is 4.79 Å². The van der Waals surface area contributed by atoms with E-state index in [2.05, 4.69) is 34.2 Å². The lowest BCUT2D eigenvalue weighted by Gasteiger charge is -2.11. The average molecular weight is 266 g/mol. The first-order valence-electron chi connectivity index (χ1n) is 5.58. The zero-order chi connectivity index (χ0) is 13.0. The summed E-state index contributed by atoms with van der Waals surface area (Å²) < 4.78 is 4.92. The van der Waals surface area contributed by atoms with Crippen molar-refractivity contribution in [2.24, 2.45) is 0 Å². The molecule has 0 aliphatic carbocycles. The third-order valence-corrected chi connectivity index (χ3v) is 3.26. The standard InChI is InChI=1S/C12H14N2O3S/c1-8(4-9-2-3-18-7-9)13-6-10-5-11(12(15)16)14-17-10/h2-3,5,7-8,13H,4,6H2,1H3,(H,15,16). The quantitative estimate of drug-likeness (QED) is 0.838. The molecule has 0 spiro atoms. The number of nitrogens with one attached hydrogen (secondary N) is 1. The van der Waals surface area contributed by atoms with Crippen molar-refractivity contribution >= 4 is 17.3 Å². The summed E-state index contributed by atoms with van der Waals surface area (Å²) >= 11 is 1.68. The lowest BCUT2D eigenvalue weighted by Crippen LogP contribution is -2.27. The monoisotopic (exact) mass is 266 g/mol. The van der Waals surface area contributed by atoms with E-state index in [1.807, 2.05) is 0 Å². The largest absolute Gasteiger partial charge is 0.476 e. The summed E-state index contributed by atoms with van der Waals surface area (Å²) in [5.41, 5.74) is 1.24. The number of rotatable bonds is 6. The zero-order valence-electron chi connectivity index (χ0n) is 9.92. The van der Waals surface area contributed by atoms with Crippen LogP contribution in [-0.4, -0.2) is 22.3 Å². The van der Waals surface area contributed by atoms with Gasteiger partial charge in [0, 0.05) is 12.1 Å². The zero-order valence-corrected chi connectivity index (χ0v) is 10.7. The molecule has 1 atom stereocenters. The fourth-order valence-electron chi connectivity index (χ4n) is 1.61. The molecule has 0 radical (unpaired) electrons. The number of carboxylic acid groups (broad SMARTS) is 1. The maximum absolute atomic E-state index is 10.6. The van der Waals surface area contributed by atoms with Gasteiger partial charge in [-0.05, 0) is 35.7 Å². The second kappa shape index (κ2) is 5.79. The first-order chi connectivity index (χ1) is 8.65. The van der Waals surface area contributed by atoms with Gasteiger partial charge < -0.3 is 14.9 Å². The van der Waals surface area contributed by atoms with Crippen molar-refractivity contribution in [3.8, 4) is 0 Å². The van der Waals surface area contributed by atoms with Crippen molar-refractivity contribution in [1.82, 2.24) is 10.5 Å². The minimum atomic E-state index is -1.07. The van der Waals surface area contributed by atoms with Crippen LogP contribution in [0.3, 0.4) is 0 Å². The minimum absolute atomic E-state index is 0.0581. The number of aromatic nitrogens is 1. The molecule has 6 heteroatoms. The summed E-state index contributed by atoms with van der Waals surface area (Å²) in [6, 6.07) is 3.82. The predicted octanol–water partition coefficient (Wildman–Crippen LogP) is 2.16. The maximum Gasteiger partial charge on any atom is 0.358 e. The van der Waals surface area contributed by atoms with Gasteiger partial charge in [0.25, 0.3) is 0 Å². The first kappa shape index (κ1) is 12.8. The summed E-state index contributed by atoms with van der Waals surface area (Å²) in [6.45, 7) is 2.55. The van der Waals surface area contributed by atoms with E-state index in [-0.39, 0.29) is 11.7 Å². The van der Waals surface area contributed by atoms with Gasteiger partial charge in [0.05, 0.1) is 6.54 Å². The molecule has 1 unspecified atom stereocenters. The smallest absolute Gasteiger partial charge is 0.358 e. The number of hydrogen-bond acceptors (Lipinski definition) is 5. The molecule has 2 heterocycles. The topological polar surface area (TPSA) is 75.4 Å². The van der Waals surface area contributed by atoms with Gasteiger partial charge in [0.2, 0.25) is 0 Å². The normalized spacial score (nSPS) is 12.5. The molecule has 5 nitrogen and oxygen atoms in total. The summed E-state index contributed by atoms with van der Waals surface area (Å²) in [4.78, 5) is 10.6. The number of carboxylic acids is 1. The molecule has 2 aromatic heterocycles. The van der Waals surface area contributed by atoms with Crippen LogP contribution in [0, 0.1) is 0 Å². The molecule has 0 aliphatic heterocycles. The molecule has 2 aromatic rings. The van der Waals surface area contributed by atoms with E-state index in [1.165, 1.54) is 11.6 Å². The van der Waals surface area contributed by atoms with Crippen LogP contribution in [0.4, 0.5) is 0 Å². The SMILES string of the molecule is CC(Cc1ccsc1)NCc1cc(C(=O)O)no1. The molecular weight excluding hydrogens is 252 g/mol. The lowest BCUT2D eigenvalue weighted by molar-refractivity contribution is 0.0685. The van der Waals surface area contributed by atoms with E-state index in [1.54, 1.807) is 11.3 Å². The van der Waals surface area contributed by atoms with Gasteiger partial charge in [-0.25, -0.2) is 4.79 Å². The number of aromatic carboxylic acids is 1. The number of hydrogen-bond donors (Lipinski definition) is 2. The van der Waals surface area contributed by atoms with Crippen LogP contribution in [0.2, 0.25) is 0 Å². The third-order valence-electron chi connectivity index (χ3n) is 2.52. The van der Waals surface area contributed by atoms with Crippen LogP contribution in [0.15, 0.2) is 27.4 Å². The summed E-state index contributed by atoms with van der Waals surface area (Å²) in [7, 11) is 0. The molecule has 2 N–H and O–H groups in total. The van der Waals surface area contributed by atoms with Crippen LogP contribution in [0.25, 0.3) is 0 Å². The van der Waals surface area contributed by atoms with Gasteiger partial charge in [-0.2, -0.15) is 11.3 Å². The molecule has 0 aliphatic rings. The molecule has 0 saturated carbocycles. The summed E-state index contributed by atoms with van der Waals surface area (Å²) in [6.07, 6.45) is 0.934. The predicted molar refractivity (Wildman–Crippen MR) is 67.8 cm³/mol. The molecule has 18 heavy (non-hydrogen) atoms. The van der Waals surface area contributed by atoms with Gasteiger partial charge in [0.1, 0.15) is 0 Å². The second-order valence-electron chi connectivity index (χ2n) is 4.10. The molecule has 0 amide bonds. The van der Waals surface area contributed by atoms with Crippen molar-refractivity contribution in [1.29, 1.82) is 0 Å². The molecule has 0 fully saturated rings. The van der Waals surface area contributed by atoms with Crippen LogP contribution < -0.4 is 5.32 Å². The van der Waals surface area contributed by atoms with E-state index >= 15 is 0 Å². The first-order valence-corrected chi connectivity index (χ1v) is 6.53. The van der Waals surface area contributed by atoms with Crippen molar-refractivity contribution in [3.63, 3.8) is 0 Å². The molecular formula is C12H14N2O3S. The molecule has 96 valence electrons. The molecule has 0 aromatic carbocycles.